The number of benzene rings is 2. The summed E-state index contributed by atoms with van der Waals surface area (Å²) in [5.41, 5.74) is 1.23. The number of hydrogen-bond donors (Lipinski definition) is 0. The van der Waals surface area contributed by atoms with Gasteiger partial charge in [-0.2, -0.15) is 0 Å². The molecule has 33 heavy (non-hydrogen) atoms. The Balaban J connectivity index is 1.37. The van der Waals surface area contributed by atoms with Crippen LogP contribution in [-0.2, 0) is 21.7 Å². The largest absolute Gasteiger partial charge is 0.343 e. The standard InChI is InChI=1S/C24H28ClN3O3S2/c1-16-23(32-24(26-2)27(16)3)17-8-11-28(12-9-17)22(29)10-13-33(30,31)21-7-5-18-14-20(25)6-4-19(18)15-21/h4-7,14-15,17H,8-13H2,1-3H3/b26-24-. The number of carbonyl (C=O) groups is 1. The molecule has 0 atom stereocenters. The van der Waals surface area contributed by atoms with Crippen LogP contribution in [0, 0.1) is 6.92 Å². The molecule has 1 fully saturated rings. The molecular formula is C24H28ClN3O3S2. The second kappa shape index (κ2) is 9.60. The molecule has 0 radical (unpaired) electrons. The van der Waals surface area contributed by atoms with Crippen LogP contribution in [0.15, 0.2) is 46.3 Å². The van der Waals surface area contributed by atoms with Gasteiger partial charge in [-0.3, -0.25) is 9.79 Å². The lowest BCUT2D eigenvalue weighted by molar-refractivity contribution is -0.131. The van der Waals surface area contributed by atoms with Crippen molar-refractivity contribution >= 4 is 49.5 Å². The predicted octanol–water partition coefficient (Wildman–Crippen LogP) is 4.30. The van der Waals surface area contributed by atoms with Gasteiger partial charge in [0.05, 0.1) is 10.6 Å². The number of piperidine rings is 1. The molecule has 4 rings (SSSR count). The molecule has 2 aromatic carbocycles. The molecule has 1 saturated heterocycles. The van der Waals surface area contributed by atoms with E-state index in [1.165, 1.54) is 10.6 Å². The number of carbonyl (C=O) groups excluding carboxylic acids is 1. The van der Waals surface area contributed by atoms with Crippen molar-refractivity contribution in [2.75, 3.05) is 25.9 Å². The van der Waals surface area contributed by atoms with E-state index >= 15 is 0 Å². The fourth-order valence-electron chi connectivity index (χ4n) is 4.40. The first-order chi connectivity index (χ1) is 15.7. The van der Waals surface area contributed by atoms with Gasteiger partial charge in [0.1, 0.15) is 0 Å². The fraction of sp³-hybridized carbons (Fsp3) is 0.417. The van der Waals surface area contributed by atoms with Crippen LogP contribution < -0.4 is 4.80 Å². The van der Waals surface area contributed by atoms with E-state index in [2.05, 4.69) is 16.5 Å². The SMILES string of the molecule is C/N=c1\sc(C2CCN(C(=O)CCS(=O)(=O)c3ccc4cc(Cl)ccc4c3)CC2)c(C)n1C. The Morgan fingerprint density at radius 2 is 1.82 bits per heavy atom. The Morgan fingerprint density at radius 3 is 2.48 bits per heavy atom. The maximum Gasteiger partial charge on any atom is 0.223 e. The molecule has 0 aliphatic carbocycles. The van der Waals surface area contributed by atoms with Crippen LogP contribution in [0.3, 0.4) is 0 Å². The Morgan fingerprint density at radius 1 is 1.15 bits per heavy atom. The van der Waals surface area contributed by atoms with Crippen molar-refractivity contribution in [2.45, 2.75) is 37.0 Å². The van der Waals surface area contributed by atoms with Gasteiger partial charge in [-0.25, -0.2) is 8.42 Å². The van der Waals surface area contributed by atoms with Crippen molar-refractivity contribution < 1.29 is 13.2 Å². The van der Waals surface area contributed by atoms with Gasteiger partial charge in [0.25, 0.3) is 0 Å². The van der Waals surface area contributed by atoms with E-state index in [1.807, 2.05) is 11.9 Å². The number of fused-ring (bicyclic) bond motifs is 1. The quantitative estimate of drug-likeness (QED) is 0.519. The summed E-state index contributed by atoms with van der Waals surface area (Å²) < 4.78 is 27.8. The van der Waals surface area contributed by atoms with E-state index in [4.69, 9.17) is 11.6 Å². The van der Waals surface area contributed by atoms with Crippen LogP contribution in [0.25, 0.3) is 10.8 Å². The highest BCUT2D eigenvalue weighted by Crippen LogP contribution is 2.32. The third kappa shape index (κ3) is 5.03. The summed E-state index contributed by atoms with van der Waals surface area (Å²) in [4.78, 5) is 21.5. The average Bonchev–Trinajstić information content (AvgIpc) is 3.11. The second-order valence-corrected chi connectivity index (χ2v) is 12.0. The lowest BCUT2D eigenvalue weighted by Gasteiger charge is -2.32. The van der Waals surface area contributed by atoms with Crippen molar-refractivity contribution in [1.82, 2.24) is 9.47 Å². The summed E-state index contributed by atoms with van der Waals surface area (Å²) in [6.45, 7) is 3.42. The molecule has 0 saturated carbocycles. The predicted molar refractivity (Wildman–Crippen MR) is 134 cm³/mol. The molecule has 1 aromatic heterocycles. The number of thiazole rings is 1. The number of amides is 1. The molecule has 0 unspecified atom stereocenters. The van der Waals surface area contributed by atoms with Crippen molar-refractivity contribution in [3.05, 3.63) is 56.8 Å². The van der Waals surface area contributed by atoms with E-state index in [9.17, 15) is 13.2 Å². The van der Waals surface area contributed by atoms with Crippen molar-refractivity contribution in [3.63, 3.8) is 0 Å². The van der Waals surface area contributed by atoms with Crippen LogP contribution >= 0.6 is 22.9 Å². The highest BCUT2D eigenvalue weighted by molar-refractivity contribution is 7.91. The molecule has 0 N–H and O–H groups in total. The molecule has 2 heterocycles. The van der Waals surface area contributed by atoms with Gasteiger partial charge >= 0.3 is 0 Å². The Kier molecular flexibility index (Phi) is 6.98. The van der Waals surface area contributed by atoms with Crippen LogP contribution in [-0.4, -0.2) is 49.7 Å². The summed E-state index contributed by atoms with van der Waals surface area (Å²) in [5, 5.41) is 2.30. The molecular weight excluding hydrogens is 478 g/mol. The van der Waals surface area contributed by atoms with E-state index < -0.39 is 9.84 Å². The van der Waals surface area contributed by atoms with Gasteiger partial charge < -0.3 is 9.47 Å². The maximum atomic E-state index is 12.9. The average molecular weight is 506 g/mol. The molecule has 176 valence electrons. The summed E-state index contributed by atoms with van der Waals surface area (Å²) in [7, 11) is 0.281. The van der Waals surface area contributed by atoms with Gasteiger partial charge in [0.15, 0.2) is 14.6 Å². The molecule has 1 amide bonds. The first kappa shape index (κ1) is 24.0. The maximum absolute atomic E-state index is 12.9. The molecule has 1 aliphatic heterocycles. The lowest BCUT2D eigenvalue weighted by atomic mass is 9.94. The molecule has 1 aliphatic rings. The van der Waals surface area contributed by atoms with Crippen LogP contribution in [0.5, 0.6) is 0 Å². The van der Waals surface area contributed by atoms with Gasteiger partial charge in [0.2, 0.25) is 5.91 Å². The van der Waals surface area contributed by atoms with Gasteiger partial charge in [-0.1, -0.05) is 23.7 Å². The Hall–Kier alpha value is -2.16. The number of halogens is 1. The number of rotatable bonds is 5. The summed E-state index contributed by atoms with van der Waals surface area (Å²) >= 11 is 7.73. The first-order valence-electron chi connectivity index (χ1n) is 11.0. The molecule has 0 bridgehead atoms. The minimum atomic E-state index is -3.55. The third-order valence-electron chi connectivity index (χ3n) is 6.48. The van der Waals surface area contributed by atoms with E-state index in [1.54, 1.807) is 54.8 Å². The molecule has 9 heteroatoms. The van der Waals surface area contributed by atoms with E-state index in [0.29, 0.717) is 24.0 Å². The Bertz CT molecular complexity index is 1370. The lowest BCUT2D eigenvalue weighted by Crippen LogP contribution is -2.38. The van der Waals surface area contributed by atoms with Crippen molar-refractivity contribution in [1.29, 1.82) is 0 Å². The topological polar surface area (TPSA) is 71.7 Å². The minimum Gasteiger partial charge on any atom is -0.343 e. The summed E-state index contributed by atoms with van der Waals surface area (Å²) in [6.07, 6.45) is 1.77. The zero-order valence-corrected chi connectivity index (χ0v) is 21.4. The fourth-order valence-corrected chi connectivity index (χ4v) is 7.09. The minimum absolute atomic E-state index is 0.00247. The van der Waals surface area contributed by atoms with Crippen LogP contribution in [0.2, 0.25) is 5.02 Å². The number of nitrogens with zero attached hydrogens (tertiary/aromatic N) is 3. The number of aromatic nitrogens is 1. The van der Waals surface area contributed by atoms with Gasteiger partial charge in [-0.05, 0) is 60.7 Å². The number of likely N-dealkylation sites (tertiary alicyclic amines) is 1. The van der Waals surface area contributed by atoms with E-state index in [0.717, 1.165) is 28.4 Å². The molecule has 3 aromatic rings. The van der Waals surface area contributed by atoms with Gasteiger partial charge in [-0.15, -0.1) is 11.3 Å². The number of sulfone groups is 1. The van der Waals surface area contributed by atoms with Crippen LogP contribution in [0.4, 0.5) is 0 Å². The van der Waals surface area contributed by atoms with Gasteiger partial charge in [0, 0.05) is 49.2 Å². The second-order valence-electron chi connectivity index (χ2n) is 8.49. The van der Waals surface area contributed by atoms with Crippen molar-refractivity contribution in [3.8, 4) is 0 Å². The van der Waals surface area contributed by atoms with Crippen molar-refractivity contribution in [2.24, 2.45) is 12.0 Å². The monoisotopic (exact) mass is 505 g/mol. The highest BCUT2D eigenvalue weighted by atomic mass is 35.5. The zero-order valence-electron chi connectivity index (χ0n) is 19.0. The number of hydrogen-bond acceptors (Lipinski definition) is 5. The first-order valence-corrected chi connectivity index (χ1v) is 13.8. The molecule has 0 spiro atoms. The summed E-state index contributed by atoms with van der Waals surface area (Å²) in [5.74, 6) is 0.129. The highest BCUT2D eigenvalue weighted by Gasteiger charge is 2.27. The third-order valence-corrected chi connectivity index (χ3v) is 9.91. The normalized spacial score (nSPS) is 16.0. The summed E-state index contributed by atoms with van der Waals surface area (Å²) in [6, 6.07) is 10.3. The van der Waals surface area contributed by atoms with E-state index in [-0.39, 0.29) is 23.0 Å². The molecule has 6 nitrogen and oxygen atoms in total. The smallest absolute Gasteiger partial charge is 0.223 e. The Labute approximate surface area is 203 Å². The zero-order chi connectivity index (χ0) is 23.8. The van der Waals surface area contributed by atoms with Crippen LogP contribution in [0.1, 0.15) is 35.8 Å².